The Labute approximate surface area is 191 Å². The minimum absolute atomic E-state index is 0.0392. The van der Waals surface area contributed by atoms with E-state index in [0.29, 0.717) is 25.3 Å². The molecule has 0 spiro atoms. The zero-order chi connectivity index (χ0) is 23.1. The van der Waals surface area contributed by atoms with Crippen molar-refractivity contribution in [3.05, 3.63) is 69.5 Å². The Bertz CT molecular complexity index is 1130. The number of hydrogen-bond acceptors (Lipinski definition) is 7. The van der Waals surface area contributed by atoms with Crippen LogP contribution >= 0.6 is 0 Å². The molecule has 33 heavy (non-hydrogen) atoms. The number of aliphatic hydroxyl groups is 1. The summed E-state index contributed by atoms with van der Waals surface area (Å²) in [5.74, 6) is -0.818. The van der Waals surface area contributed by atoms with Gasteiger partial charge < -0.3 is 14.6 Å². The van der Waals surface area contributed by atoms with Crippen molar-refractivity contribution in [3.8, 4) is 6.07 Å². The normalized spacial score (nSPS) is 24.0. The molecule has 0 unspecified atom stereocenters. The summed E-state index contributed by atoms with van der Waals surface area (Å²) < 4.78 is 25.2. The summed E-state index contributed by atoms with van der Waals surface area (Å²) in [7, 11) is 0. The zero-order valence-electron chi connectivity index (χ0n) is 18.5. The van der Waals surface area contributed by atoms with E-state index in [1.807, 2.05) is 19.1 Å². The van der Waals surface area contributed by atoms with Gasteiger partial charge in [-0.2, -0.15) is 5.26 Å². The van der Waals surface area contributed by atoms with Crippen LogP contribution in [0.5, 0.6) is 0 Å². The lowest BCUT2D eigenvalue weighted by Crippen LogP contribution is -2.58. The van der Waals surface area contributed by atoms with E-state index in [-0.39, 0.29) is 30.3 Å². The first-order valence-electron chi connectivity index (χ1n) is 11.2. The fourth-order valence-electron chi connectivity index (χ4n) is 5.11. The molecule has 0 aromatic heterocycles. The van der Waals surface area contributed by atoms with Crippen LogP contribution in [0.25, 0.3) is 0 Å². The van der Waals surface area contributed by atoms with Gasteiger partial charge in [0.05, 0.1) is 29.9 Å². The molecule has 2 aromatic rings. The molecule has 3 aliphatic rings. The van der Waals surface area contributed by atoms with Crippen LogP contribution in [-0.4, -0.2) is 66.2 Å². The van der Waals surface area contributed by atoms with Crippen LogP contribution in [-0.2, 0) is 16.1 Å². The van der Waals surface area contributed by atoms with Gasteiger partial charge in [-0.25, -0.2) is 9.18 Å². The number of aliphatic hydroxyl groups excluding tert-OH is 1. The highest BCUT2D eigenvalue weighted by Gasteiger charge is 2.35. The highest BCUT2D eigenvalue weighted by molar-refractivity contribution is 5.93. The zero-order valence-corrected chi connectivity index (χ0v) is 18.5. The molecular formula is C25H26FN3O4. The molecule has 0 radical (unpaired) electrons. The summed E-state index contributed by atoms with van der Waals surface area (Å²) in [5, 5.41) is 19.9. The van der Waals surface area contributed by atoms with Gasteiger partial charge in [0.1, 0.15) is 18.5 Å². The van der Waals surface area contributed by atoms with Gasteiger partial charge >= 0.3 is 5.97 Å². The SMILES string of the molecule is Cc1c([C@@H](O)CN2CCN3C[C@@H](c4ccc(C#N)c(F)c4)OC[C@H]3C2)ccc2c1COC2=O. The second-order valence-corrected chi connectivity index (χ2v) is 8.98. The molecule has 8 heteroatoms. The molecule has 1 N–H and O–H groups in total. The number of esters is 1. The molecular weight excluding hydrogens is 425 g/mol. The smallest absolute Gasteiger partial charge is 0.338 e. The van der Waals surface area contributed by atoms with Gasteiger partial charge in [-0.15, -0.1) is 0 Å². The molecule has 2 fully saturated rings. The number of carbonyl (C=O) groups excluding carboxylic acids is 1. The lowest BCUT2D eigenvalue weighted by atomic mass is 9.95. The van der Waals surface area contributed by atoms with Gasteiger partial charge in [0.15, 0.2) is 0 Å². The monoisotopic (exact) mass is 451 g/mol. The molecule has 2 aromatic carbocycles. The van der Waals surface area contributed by atoms with Crippen LogP contribution < -0.4 is 0 Å². The predicted molar refractivity (Wildman–Crippen MR) is 117 cm³/mol. The van der Waals surface area contributed by atoms with Gasteiger partial charge in [-0.05, 0) is 41.8 Å². The molecule has 7 nitrogen and oxygen atoms in total. The number of fused-ring (bicyclic) bond motifs is 2. The van der Waals surface area contributed by atoms with Crippen LogP contribution in [0.15, 0.2) is 30.3 Å². The maximum Gasteiger partial charge on any atom is 0.338 e. The van der Waals surface area contributed by atoms with Crippen LogP contribution in [0.1, 0.15) is 50.4 Å². The quantitative estimate of drug-likeness (QED) is 0.715. The standard InChI is InChI=1S/C25H26FN3O4/c1-15-19(4-5-20-21(15)14-33-25(20)31)23(30)11-28-6-7-29-12-24(32-13-18(29)10-28)16-2-3-17(9-27)22(26)8-16/h2-5,8,18,23-24,30H,6-7,10-14H2,1H3/t18-,23+,24+/m1/s1. The third-order valence-corrected chi connectivity index (χ3v) is 7.06. The van der Waals surface area contributed by atoms with E-state index in [9.17, 15) is 14.3 Å². The minimum atomic E-state index is -0.656. The van der Waals surface area contributed by atoms with Crippen LogP contribution in [0, 0.1) is 24.1 Å². The third kappa shape index (κ3) is 4.13. The summed E-state index contributed by atoms with van der Waals surface area (Å²) in [6, 6.07) is 10.3. The number of β-amino-alcohol motifs (C(OH)–C–C–N with tert-alkyl or cyclic N) is 1. The van der Waals surface area contributed by atoms with E-state index >= 15 is 0 Å². The molecule has 172 valence electrons. The molecule has 2 saturated heterocycles. The second-order valence-electron chi connectivity index (χ2n) is 8.98. The van der Waals surface area contributed by atoms with Crippen molar-refractivity contribution in [2.75, 3.05) is 39.3 Å². The Hall–Kier alpha value is -2.83. The number of rotatable bonds is 4. The number of carbonyl (C=O) groups is 1. The number of nitrogens with zero attached hydrogens (tertiary/aromatic N) is 3. The van der Waals surface area contributed by atoms with Crippen molar-refractivity contribution in [3.63, 3.8) is 0 Å². The average molecular weight is 451 g/mol. The van der Waals surface area contributed by atoms with Crippen molar-refractivity contribution in [1.82, 2.24) is 9.80 Å². The fourth-order valence-corrected chi connectivity index (χ4v) is 5.11. The molecule has 0 saturated carbocycles. The van der Waals surface area contributed by atoms with Gasteiger partial charge in [0.25, 0.3) is 0 Å². The molecule has 3 heterocycles. The first-order valence-corrected chi connectivity index (χ1v) is 11.2. The predicted octanol–water partition coefficient (Wildman–Crippen LogP) is 2.47. The maximum atomic E-state index is 14.0. The van der Waals surface area contributed by atoms with E-state index in [2.05, 4.69) is 9.80 Å². The minimum Gasteiger partial charge on any atom is -0.457 e. The first kappa shape index (κ1) is 22.0. The fraction of sp³-hybridized carbons (Fsp3) is 0.440. The van der Waals surface area contributed by atoms with Crippen LogP contribution in [0.2, 0.25) is 0 Å². The number of morpholine rings is 1. The molecule has 5 rings (SSSR count). The number of piperazine rings is 1. The van der Waals surface area contributed by atoms with Crippen molar-refractivity contribution in [2.24, 2.45) is 0 Å². The average Bonchev–Trinajstić information content (AvgIpc) is 3.20. The Morgan fingerprint density at radius 2 is 2.12 bits per heavy atom. The number of ether oxygens (including phenoxy) is 2. The van der Waals surface area contributed by atoms with Gasteiger partial charge in [0, 0.05) is 44.3 Å². The summed E-state index contributed by atoms with van der Waals surface area (Å²) >= 11 is 0. The topological polar surface area (TPSA) is 86.0 Å². The molecule has 3 aliphatic heterocycles. The molecule has 0 aliphatic carbocycles. The Kier molecular flexibility index (Phi) is 5.89. The van der Waals surface area contributed by atoms with E-state index in [4.69, 9.17) is 14.7 Å². The summed E-state index contributed by atoms with van der Waals surface area (Å²) in [5.41, 5.74) is 4.00. The van der Waals surface area contributed by atoms with Crippen LogP contribution in [0.3, 0.4) is 0 Å². The number of halogens is 1. The maximum absolute atomic E-state index is 14.0. The second kappa shape index (κ2) is 8.84. The first-order chi connectivity index (χ1) is 15.9. The van der Waals surface area contributed by atoms with E-state index < -0.39 is 11.9 Å². The van der Waals surface area contributed by atoms with Crippen molar-refractivity contribution in [2.45, 2.75) is 31.8 Å². The number of benzene rings is 2. The molecule has 0 bridgehead atoms. The molecule has 0 amide bonds. The van der Waals surface area contributed by atoms with Crippen LogP contribution in [0.4, 0.5) is 4.39 Å². The van der Waals surface area contributed by atoms with Crippen molar-refractivity contribution >= 4 is 5.97 Å². The highest BCUT2D eigenvalue weighted by atomic mass is 19.1. The number of hydrogen-bond donors (Lipinski definition) is 1. The van der Waals surface area contributed by atoms with E-state index in [0.717, 1.165) is 41.9 Å². The summed E-state index contributed by atoms with van der Waals surface area (Å²) in [6.45, 7) is 6.32. The van der Waals surface area contributed by atoms with Gasteiger partial charge in [-0.3, -0.25) is 9.80 Å². The highest BCUT2D eigenvalue weighted by Crippen LogP contribution is 2.31. The van der Waals surface area contributed by atoms with Gasteiger partial charge in [0.2, 0.25) is 0 Å². The summed E-state index contributed by atoms with van der Waals surface area (Å²) in [4.78, 5) is 16.4. The lowest BCUT2D eigenvalue weighted by molar-refractivity contribution is -0.0938. The van der Waals surface area contributed by atoms with Crippen molar-refractivity contribution < 1.29 is 23.8 Å². The molecule has 3 atom stereocenters. The summed E-state index contributed by atoms with van der Waals surface area (Å²) in [6.07, 6.45) is -0.879. The van der Waals surface area contributed by atoms with E-state index in [1.165, 1.54) is 12.1 Å². The van der Waals surface area contributed by atoms with E-state index in [1.54, 1.807) is 12.1 Å². The Morgan fingerprint density at radius 3 is 2.91 bits per heavy atom. The Balaban J connectivity index is 1.20. The largest absolute Gasteiger partial charge is 0.457 e. The third-order valence-electron chi connectivity index (χ3n) is 7.06. The number of nitriles is 1. The number of cyclic esters (lactones) is 1. The van der Waals surface area contributed by atoms with Gasteiger partial charge in [-0.1, -0.05) is 12.1 Å². The van der Waals surface area contributed by atoms with Crippen molar-refractivity contribution in [1.29, 1.82) is 5.26 Å². The Morgan fingerprint density at radius 1 is 1.27 bits per heavy atom. The lowest BCUT2D eigenvalue weighted by Gasteiger charge is -2.46.